The number of aryl methyl sites for hydroxylation is 1. The Balaban J connectivity index is 1.36. The Morgan fingerprint density at radius 1 is 1.03 bits per heavy atom. The number of aromatic nitrogens is 1. The molecule has 1 aromatic heterocycles. The van der Waals surface area contributed by atoms with Crippen molar-refractivity contribution in [3.05, 3.63) is 70.2 Å². The highest BCUT2D eigenvalue weighted by molar-refractivity contribution is 7.10. The maximum absolute atomic E-state index is 13.0. The molecule has 1 aliphatic rings. The van der Waals surface area contributed by atoms with Crippen LogP contribution in [-0.4, -0.2) is 47.7 Å². The first-order valence-corrected chi connectivity index (χ1v) is 13.3. The Morgan fingerprint density at radius 3 is 2.44 bits per heavy atom. The van der Waals surface area contributed by atoms with Gasteiger partial charge in [0.1, 0.15) is 5.69 Å². The molecule has 3 aromatic rings. The molecule has 188 valence electrons. The van der Waals surface area contributed by atoms with Gasteiger partial charge in [-0.15, -0.1) is 11.3 Å². The molecule has 0 aliphatic carbocycles. The van der Waals surface area contributed by atoms with Crippen molar-refractivity contribution < 1.29 is 14.4 Å². The highest BCUT2D eigenvalue weighted by Crippen LogP contribution is 2.32. The Morgan fingerprint density at radius 2 is 1.75 bits per heavy atom. The molecule has 0 bridgehead atoms. The number of thiazole rings is 1. The van der Waals surface area contributed by atoms with Crippen molar-refractivity contribution in [3.8, 4) is 11.1 Å². The number of hydrogen-bond acceptors (Lipinski definition) is 5. The number of piperidine rings is 1. The summed E-state index contributed by atoms with van der Waals surface area (Å²) >= 11 is 1.50. The van der Waals surface area contributed by atoms with E-state index in [4.69, 9.17) is 0 Å². The van der Waals surface area contributed by atoms with E-state index in [2.05, 4.69) is 46.8 Å². The summed E-state index contributed by atoms with van der Waals surface area (Å²) in [6.45, 7) is 3.41. The molecule has 8 heteroatoms. The van der Waals surface area contributed by atoms with Crippen LogP contribution in [0.25, 0.3) is 11.1 Å². The van der Waals surface area contributed by atoms with Gasteiger partial charge < -0.3 is 15.5 Å². The molecule has 0 radical (unpaired) electrons. The number of anilines is 1. The number of rotatable bonds is 8. The summed E-state index contributed by atoms with van der Waals surface area (Å²) in [6.07, 6.45) is 3.04. The lowest BCUT2D eigenvalue weighted by Crippen LogP contribution is -2.38. The summed E-state index contributed by atoms with van der Waals surface area (Å²) in [4.78, 5) is 43.3. The lowest BCUT2D eigenvalue weighted by atomic mass is 9.97. The SMILES string of the molecule is CCc1ccc(-c2ccccc2NC(=O)c2csc(C3CCN(C(=O)CCC(=O)NC)CC3)n2)cc1. The van der Waals surface area contributed by atoms with E-state index in [1.54, 1.807) is 7.05 Å². The number of amides is 3. The summed E-state index contributed by atoms with van der Waals surface area (Å²) in [5.41, 5.74) is 4.46. The van der Waals surface area contributed by atoms with Crippen LogP contribution in [-0.2, 0) is 16.0 Å². The molecule has 2 N–H and O–H groups in total. The summed E-state index contributed by atoms with van der Waals surface area (Å²) in [5.74, 6) is -0.107. The van der Waals surface area contributed by atoms with Crippen molar-refractivity contribution >= 4 is 34.7 Å². The predicted molar refractivity (Wildman–Crippen MR) is 143 cm³/mol. The van der Waals surface area contributed by atoms with Gasteiger partial charge in [0, 0.05) is 55.5 Å². The second kappa shape index (κ2) is 11.9. The first kappa shape index (κ1) is 25.6. The molecule has 0 saturated carbocycles. The van der Waals surface area contributed by atoms with Crippen molar-refractivity contribution in [1.82, 2.24) is 15.2 Å². The highest BCUT2D eigenvalue weighted by atomic mass is 32.1. The lowest BCUT2D eigenvalue weighted by Gasteiger charge is -2.31. The zero-order valence-electron chi connectivity index (χ0n) is 20.8. The number of carbonyl (C=O) groups is 3. The van der Waals surface area contributed by atoms with Crippen LogP contribution >= 0.6 is 11.3 Å². The third-order valence-electron chi connectivity index (χ3n) is 6.64. The average Bonchev–Trinajstić information content (AvgIpc) is 3.42. The van der Waals surface area contributed by atoms with Crippen molar-refractivity contribution in [2.75, 3.05) is 25.5 Å². The summed E-state index contributed by atoms with van der Waals surface area (Å²) in [7, 11) is 1.57. The van der Waals surface area contributed by atoms with Crippen LogP contribution in [0.2, 0.25) is 0 Å². The van der Waals surface area contributed by atoms with E-state index in [1.807, 2.05) is 34.5 Å². The second-order valence-corrected chi connectivity index (χ2v) is 9.84. The number of nitrogens with one attached hydrogen (secondary N) is 2. The van der Waals surface area contributed by atoms with Gasteiger partial charge in [0.2, 0.25) is 11.8 Å². The van der Waals surface area contributed by atoms with Gasteiger partial charge in [0.05, 0.1) is 5.01 Å². The number of hydrogen-bond donors (Lipinski definition) is 2. The topological polar surface area (TPSA) is 91.4 Å². The monoisotopic (exact) mass is 504 g/mol. The maximum Gasteiger partial charge on any atom is 0.275 e. The van der Waals surface area contributed by atoms with Gasteiger partial charge >= 0.3 is 0 Å². The van der Waals surface area contributed by atoms with Crippen molar-refractivity contribution in [3.63, 3.8) is 0 Å². The lowest BCUT2D eigenvalue weighted by molar-refractivity contribution is -0.134. The second-order valence-electron chi connectivity index (χ2n) is 8.95. The Hall–Kier alpha value is -3.52. The molecule has 0 spiro atoms. The van der Waals surface area contributed by atoms with Crippen LogP contribution in [0, 0.1) is 0 Å². The average molecular weight is 505 g/mol. The molecule has 0 atom stereocenters. The molecule has 7 nitrogen and oxygen atoms in total. The number of likely N-dealkylation sites (tertiary alicyclic amines) is 1. The zero-order chi connectivity index (χ0) is 25.5. The minimum atomic E-state index is -0.225. The Bertz CT molecular complexity index is 1210. The third-order valence-corrected chi connectivity index (χ3v) is 7.65. The number of nitrogens with zero attached hydrogens (tertiary/aromatic N) is 2. The minimum absolute atomic E-state index is 0.0132. The van der Waals surface area contributed by atoms with Gasteiger partial charge in [-0.25, -0.2) is 4.98 Å². The Kier molecular flexibility index (Phi) is 8.48. The number of para-hydroxylation sites is 1. The smallest absolute Gasteiger partial charge is 0.275 e. The molecule has 2 heterocycles. The van der Waals surface area contributed by atoms with Crippen molar-refractivity contribution in [2.45, 2.75) is 44.9 Å². The molecule has 1 fully saturated rings. The van der Waals surface area contributed by atoms with E-state index in [0.29, 0.717) is 18.8 Å². The van der Waals surface area contributed by atoms with E-state index in [0.717, 1.165) is 41.1 Å². The van der Waals surface area contributed by atoms with E-state index in [1.165, 1.54) is 16.9 Å². The summed E-state index contributed by atoms with van der Waals surface area (Å²) in [6, 6.07) is 16.2. The van der Waals surface area contributed by atoms with Crippen LogP contribution in [0.1, 0.15) is 59.6 Å². The van der Waals surface area contributed by atoms with E-state index >= 15 is 0 Å². The first-order chi connectivity index (χ1) is 17.5. The molecule has 1 aliphatic heterocycles. The van der Waals surface area contributed by atoms with Crippen molar-refractivity contribution in [1.29, 1.82) is 0 Å². The van der Waals surface area contributed by atoms with Crippen LogP contribution in [0.5, 0.6) is 0 Å². The van der Waals surface area contributed by atoms with Gasteiger partial charge in [-0.3, -0.25) is 14.4 Å². The van der Waals surface area contributed by atoms with E-state index < -0.39 is 0 Å². The summed E-state index contributed by atoms with van der Waals surface area (Å²) in [5, 5.41) is 8.33. The molecule has 1 saturated heterocycles. The fourth-order valence-electron chi connectivity index (χ4n) is 4.41. The van der Waals surface area contributed by atoms with Gasteiger partial charge in [-0.2, -0.15) is 0 Å². The van der Waals surface area contributed by atoms with Gasteiger partial charge in [0.15, 0.2) is 0 Å². The van der Waals surface area contributed by atoms with Crippen LogP contribution in [0.15, 0.2) is 53.9 Å². The summed E-state index contributed by atoms with van der Waals surface area (Å²) < 4.78 is 0. The molecular formula is C28H32N4O3S. The largest absolute Gasteiger partial charge is 0.359 e. The molecule has 0 unspecified atom stereocenters. The third kappa shape index (κ3) is 6.18. The molecule has 3 amide bonds. The fraction of sp³-hybridized carbons (Fsp3) is 0.357. The van der Waals surface area contributed by atoms with Crippen molar-refractivity contribution in [2.24, 2.45) is 0 Å². The zero-order valence-corrected chi connectivity index (χ0v) is 21.6. The Labute approximate surface area is 215 Å². The molecule has 36 heavy (non-hydrogen) atoms. The molecule has 2 aromatic carbocycles. The minimum Gasteiger partial charge on any atom is -0.359 e. The van der Waals surface area contributed by atoms with Crippen LogP contribution in [0.4, 0.5) is 5.69 Å². The van der Waals surface area contributed by atoms with Crippen LogP contribution < -0.4 is 10.6 Å². The predicted octanol–water partition coefficient (Wildman–Crippen LogP) is 4.86. The van der Waals surface area contributed by atoms with E-state index in [-0.39, 0.29) is 36.5 Å². The van der Waals surface area contributed by atoms with Gasteiger partial charge in [0.25, 0.3) is 5.91 Å². The quantitative estimate of drug-likeness (QED) is 0.458. The standard InChI is InChI=1S/C28H32N4O3S/c1-3-19-8-10-20(11-9-19)22-6-4-5-7-23(22)30-27(35)24-18-36-28(31-24)21-14-16-32(17-15-21)26(34)13-12-25(33)29-2/h4-11,18,21H,3,12-17H2,1-2H3,(H,29,33)(H,30,35). The van der Waals surface area contributed by atoms with Gasteiger partial charge in [-0.05, 0) is 36.5 Å². The first-order valence-electron chi connectivity index (χ1n) is 12.4. The molecular weight excluding hydrogens is 472 g/mol. The number of benzene rings is 2. The highest BCUT2D eigenvalue weighted by Gasteiger charge is 2.26. The van der Waals surface area contributed by atoms with E-state index in [9.17, 15) is 14.4 Å². The normalized spacial score (nSPS) is 13.9. The fourth-order valence-corrected chi connectivity index (χ4v) is 5.38. The maximum atomic E-state index is 13.0. The number of carbonyl (C=O) groups excluding carboxylic acids is 3. The van der Waals surface area contributed by atoms with Crippen LogP contribution in [0.3, 0.4) is 0 Å². The molecule has 4 rings (SSSR count). The van der Waals surface area contributed by atoms with Gasteiger partial charge in [-0.1, -0.05) is 49.4 Å².